The molecule has 3 heterocycles. The van der Waals surface area contributed by atoms with Gasteiger partial charge in [0.05, 0.1) is 23.2 Å². The number of hydrogen-bond acceptors (Lipinski definition) is 6. The standard InChI is InChI=1S/C24H21N3O3S/c1-15-5-8-21-23(16(15)2)26-24(31-21)27(13-18-4-3-9-25-12-18)22(28)11-17-6-7-19-20(10-17)30-14-29-19/h3-10,12H,11,13-14H2,1-2H3. The smallest absolute Gasteiger partial charge is 0.233 e. The van der Waals surface area contributed by atoms with E-state index in [9.17, 15) is 4.79 Å². The van der Waals surface area contributed by atoms with E-state index in [0.717, 1.165) is 26.9 Å². The molecule has 0 bridgehead atoms. The topological polar surface area (TPSA) is 64.6 Å². The van der Waals surface area contributed by atoms with E-state index < -0.39 is 0 Å². The van der Waals surface area contributed by atoms with Crippen LogP contribution in [0, 0.1) is 13.8 Å². The number of anilines is 1. The normalized spacial score (nSPS) is 12.3. The molecule has 0 N–H and O–H groups in total. The number of hydrogen-bond donors (Lipinski definition) is 0. The van der Waals surface area contributed by atoms with Crippen LogP contribution in [-0.4, -0.2) is 22.7 Å². The van der Waals surface area contributed by atoms with E-state index in [0.29, 0.717) is 23.2 Å². The second kappa shape index (κ2) is 8.00. The lowest BCUT2D eigenvalue weighted by Crippen LogP contribution is -2.31. The quantitative estimate of drug-likeness (QED) is 0.454. The summed E-state index contributed by atoms with van der Waals surface area (Å²) < 4.78 is 11.9. The highest BCUT2D eigenvalue weighted by atomic mass is 32.1. The van der Waals surface area contributed by atoms with Gasteiger partial charge in [-0.05, 0) is 60.4 Å². The van der Waals surface area contributed by atoms with E-state index >= 15 is 0 Å². The predicted molar refractivity (Wildman–Crippen MR) is 121 cm³/mol. The largest absolute Gasteiger partial charge is 0.454 e. The zero-order valence-corrected chi connectivity index (χ0v) is 18.1. The average Bonchev–Trinajstić information content (AvgIpc) is 3.42. The molecule has 31 heavy (non-hydrogen) atoms. The SMILES string of the molecule is Cc1ccc2sc(N(Cc3cccnc3)C(=O)Cc3ccc4c(c3)OCO4)nc2c1C. The van der Waals surface area contributed by atoms with Gasteiger partial charge >= 0.3 is 0 Å². The number of aryl methyl sites for hydroxylation is 2. The van der Waals surface area contributed by atoms with Gasteiger partial charge in [0.1, 0.15) is 0 Å². The van der Waals surface area contributed by atoms with Crippen LogP contribution in [0.2, 0.25) is 0 Å². The molecule has 0 saturated carbocycles. The van der Waals surface area contributed by atoms with Crippen molar-refractivity contribution in [2.45, 2.75) is 26.8 Å². The van der Waals surface area contributed by atoms with Crippen molar-refractivity contribution in [2.75, 3.05) is 11.7 Å². The van der Waals surface area contributed by atoms with Crippen LogP contribution in [0.3, 0.4) is 0 Å². The second-order valence-electron chi connectivity index (χ2n) is 7.56. The number of ether oxygens (including phenoxy) is 2. The summed E-state index contributed by atoms with van der Waals surface area (Å²) in [5.41, 5.74) is 5.11. The van der Waals surface area contributed by atoms with Crippen molar-refractivity contribution in [3.05, 3.63) is 77.1 Å². The molecule has 0 radical (unpaired) electrons. The first-order chi connectivity index (χ1) is 15.1. The van der Waals surface area contributed by atoms with Gasteiger partial charge in [-0.15, -0.1) is 0 Å². The van der Waals surface area contributed by atoms with E-state index in [1.165, 1.54) is 16.9 Å². The summed E-state index contributed by atoms with van der Waals surface area (Å²) in [6, 6.07) is 13.6. The molecule has 0 fully saturated rings. The molecule has 0 aliphatic carbocycles. The van der Waals surface area contributed by atoms with Gasteiger partial charge in [0, 0.05) is 12.4 Å². The molecule has 5 rings (SSSR count). The number of thiazole rings is 1. The third-order valence-corrected chi connectivity index (χ3v) is 6.50. The van der Waals surface area contributed by atoms with Crippen molar-refractivity contribution in [3.63, 3.8) is 0 Å². The molecular formula is C24H21N3O3S. The van der Waals surface area contributed by atoms with Gasteiger partial charge in [-0.2, -0.15) is 0 Å². The molecule has 0 saturated heterocycles. The van der Waals surface area contributed by atoms with Crippen LogP contribution < -0.4 is 14.4 Å². The summed E-state index contributed by atoms with van der Waals surface area (Å²) in [5, 5.41) is 0.693. The van der Waals surface area contributed by atoms with Crippen LogP contribution in [0.15, 0.2) is 54.9 Å². The van der Waals surface area contributed by atoms with Crippen LogP contribution >= 0.6 is 11.3 Å². The number of benzene rings is 2. The van der Waals surface area contributed by atoms with Gasteiger partial charge in [0.15, 0.2) is 16.6 Å². The Labute approximate surface area is 184 Å². The van der Waals surface area contributed by atoms with Crippen molar-refractivity contribution in [1.29, 1.82) is 0 Å². The maximum atomic E-state index is 13.4. The lowest BCUT2D eigenvalue weighted by atomic mass is 10.1. The second-order valence-corrected chi connectivity index (χ2v) is 8.57. The summed E-state index contributed by atoms with van der Waals surface area (Å²) in [6.45, 7) is 4.77. The average molecular weight is 432 g/mol. The number of aromatic nitrogens is 2. The number of amides is 1. The van der Waals surface area contributed by atoms with Gasteiger partial charge in [0.25, 0.3) is 0 Å². The molecule has 1 aliphatic rings. The molecule has 2 aromatic carbocycles. The number of fused-ring (bicyclic) bond motifs is 2. The van der Waals surface area contributed by atoms with Crippen LogP contribution in [0.1, 0.15) is 22.3 Å². The fourth-order valence-electron chi connectivity index (χ4n) is 3.59. The molecule has 156 valence electrons. The number of nitrogens with zero attached hydrogens (tertiary/aromatic N) is 3. The van der Waals surface area contributed by atoms with Crippen molar-refractivity contribution < 1.29 is 14.3 Å². The zero-order chi connectivity index (χ0) is 21.4. The Balaban J connectivity index is 1.49. The Bertz CT molecular complexity index is 1270. The number of pyridine rings is 1. The van der Waals surface area contributed by atoms with Crippen LogP contribution in [0.25, 0.3) is 10.2 Å². The van der Waals surface area contributed by atoms with Crippen LogP contribution in [0.4, 0.5) is 5.13 Å². The minimum Gasteiger partial charge on any atom is -0.454 e. The van der Waals surface area contributed by atoms with E-state index in [2.05, 4.69) is 31.0 Å². The van der Waals surface area contributed by atoms with Crippen LogP contribution in [0.5, 0.6) is 11.5 Å². The summed E-state index contributed by atoms with van der Waals surface area (Å²) in [7, 11) is 0. The van der Waals surface area contributed by atoms with Gasteiger partial charge in [-0.1, -0.05) is 29.5 Å². The van der Waals surface area contributed by atoms with E-state index in [1.54, 1.807) is 17.3 Å². The summed E-state index contributed by atoms with van der Waals surface area (Å²) in [6.07, 6.45) is 3.75. The Morgan fingerprint density at radius 3 is 2.81 bits per heavy atom. The number of rotatable bonds is 5. The molecule has 7 heteroatoms. The monoisotopic (exact) mass is 431 g/mol. The highest BCUT2D eigenvalue weighted by molar-refractivity contribution is 7.22. The van der Waals surface area contributed by atoms with Crippen molar-refractivity contribution in [2.24, 2.45) is 0 Å². The molecule has 0 unspecified atom stereocenters. The summed E-state index contributed by atoms with van der Waals surface area (Å²) in [5.74, 6) is 1.35. The summed E-state index contributed by atoms with van der Waals surface area (Å²) >= 11 is 1.54. The first-order valence-electron chi connectivity index (χ1n) is 10.0. The lowest BCUT2D eigenvalue weighted by Gasteiger charge is -2.20. The molecule has 0 spiro atoms. The van der Waals surface area contributed by atoms with Gasteiger partial charge in [-0.3, -0.25) is 14.7 Å². The van der Waals surface area contributed by atoms with Crippen molar-refractivity contribution >= 4 is 32.6 Å². The van der Waals surface area contributed by atoms with E-state index in [4.69, 9.17) is 14.5 Å². The first-order valence-corrected chi connectivity index (χ1v) is 10.8. The minimum atomic E-state index is -0.0313. The molecule has 1 amide bonds. The maximum absolute atomic E-state index is 13.4. The minimum absolute atomic E-state index is 0.0313. The first kappa shape index (κ1) is 19.5. The Morgan fingerprint density at radius 1 is 1.10 bits per heavy atom. The van der Waals surface area contributed by atoms with E-state index in [-0.39, 0.29) is 19.1 Å². The highest BCUT2D eigenvalue weighted by Gasteiger charge is 2.22. The highest BCUT2D eigenvalue weighted by Crippen LogP contribution is 2.35. The van der Waals surface area contributed by atoms with Crippen LogP contribution in [-0.2, 0) is 17.8 Å². The molecule has 2 aromatic heterocycles. The molecule has 6 nitrogen and oxygen atoms in total. The van der Waals surface area contributed by atoms with Crippen molar-refractivity contribution in [1.82, 2.24) is 9.97 Å². The third-order valence-electron chi connectivity index (χ3n) is 5.46. The molecular weight excluding hydrogens is 410 g/mol. The fraction of sp³-hybridized carbons (Fsp3) is 0.208. The van der Waals surface area contributed by atoms with Gasteiger partial charge < -0.3 is 9.47 Å². The van der Waals surface area contributed by atoms with E-state index in [1.807, 2.05) is 30.3 Å². The fourth-order valence-corrected chi connectivity index (χ4v) is 4.63. The zero-order valence-electron chi connectivity index (χ0n) is 17.3. The molecule has 1 aliphatic heterocycles. The molecule has 0 atom stereocenters. The molecule has 4 aromatic rings. The number of carbonyl (C=O) groups excluding carboxylic acids is 1. The Hall–Kier alpha value is -3.45. The van der Waals surface area contributed by atoms with Gasteiger partial charge in [-0.25, -0.2) is 4.98 Å². The summed E-state index contributed by atoms with van der Waals surface area (Å²) in [4.78, 5) is 24.2. The predicted octanol–water partition coefficient (Wildman–Crippen LogP) is 4.81. The Morgan fingerprint density at radius 2 is 1.97 bits per heavy atom. The lowest BCUT2D eigenvalue weighted by molar-refractivity contribution is -0.118. The third kappa shape index (κ3) is 3.84. The van der Waals surface area contributed by atoms with Gasteiger partial charge in [0.2, 0.25) is 12.7 Å². The van der Waals surface area contributed by atoms with Crippen molar-refractivity contribution in [3.8, 4) is 11.5 Å². The maximum Gasteiger partial charge on any atom is 0.233 e. The number of carbonyl (C=O) groups is 1. The Kier molecular flexibility index (Phi) is 5.03.